The molecule has 1 aliphatic heterocycles. The Morgan fingerprint density at radius 1 is 1.35 bits per heavy atom. The van der Waals surface area contributed by atoms with Gasteiger partial charge in [0.1, 0.15) is 6.04 Å². The van der Waals surface area contributed by atoms with E-state index in [4.69, 9.17) is 20.8 Å². The van der Waals surface area contributed by atoms with Crippen molar-refractivity contribution in [1.82, 2.24) is 15.5 Å². The zero-order valence-corrected chi connectivity index (χ0v) is 15.1. The van der Waals surface area contributed by atoms with Crippen molar-refractivity contribution in [3.05, 3.63) is 29.0 Å². The van der Waals surface area contributed by atoms with Gasteiger partial charge in [-0.1, -0.05) is 11.6 Å². The molecule has 2 aliphatic rings. The highest BCUT2D eigenvalue weighted by Crippen LogP contribution is 2.33. The number of rotatable bonds is 4. The molecule has 2 aromatic rings. The van der Waals surface area contributed by atoms with Gasteiger partial charge in [0.2, 0.25) is 5.91 Å². The van der Waals surface area contributed by atoms with Gasteiger partial charge in [0.15, 0.2) is 17.1 Å². The molecule has 7 nitrogen and oxygen atoms in total. The van der Waals surface area contributed by atoms with Gasteiger partial charge in [-0.25, -0.2) is 0 Å². The maximum absolute atomic E-state index is 13.0. The molecule has 8 heteroatoms. The number of nitrogens with one attached hydrogen (secondary N) is 2. The van der Waals surface area contributed by atoms with Gasteiger partial charge in [0, 0.05) is 42.2 Å². The number of carbonyl (C=O) groups excluding carboxylic acids is 2. The number of piperazine rings is 1. The van der Waals surface area contributed by atoms with Crippen molar-refractivity contribution in [2.75, 3.05) is 26.7 Å². The van der Waals surface area contributed by atoms with Crippen molar-refractivity contribution in [1.29, 1.82) is 0 Å². The molecule has 1 aromatic carbocycles. The summed E-state index contributed by atoms with van der Waals surface area (Å²) in [5.74, 6) is 0.211. The van der Waals surface area contributed by atoms with Gasteiger partial charge >= 0.3 is 0 Å². The molecule has 4 rings (SSSR count). The summed E-state index contributed by atoms with van der Waals surface area (Å²) in [4.78, 5) is 27.1. The van der Waals surface area contributed by atoms with E-state index in [0.29, 0.717) is 41.4 Å². The standard InChI is InChI=1S/C18H20ClN3O4/c1-25-14-8-11(19)6-10-7-15(26-16(10)14)18(24)22-5-4-20-9-13(22)17(23)21-12-2-3-12/h6-8,12-13,20H,2-5,9H2,1H3,(H,21,23)/t13-/m1/s1. The van der Waals surface area contributed by atoms with Gasteiger partial charge in [0.25, 0.3) is 5.91 Å². The highest BCUT2D eigenvalue weighted by atomic mass is 35.5. The van der Waals surface area contributed by atoms with Crippen molar-refractivity contribution in [2.24, 2.45) is 0 Å². The summed E-state index contributed by atoms with van der Waals surface area (Å²) < 4.78 is 11.0. The highest BCUT2D eigenvalue weighted by Gasteiger charge is 2.36. The van der Waals surface area contributed by atoms with Crippen LogP contribution in [0.15, 0.2) is 22.6 Å². The molecule has 138 valence electrons. The molecule has 0 spiro atoms. The van der Waals surface area contributed by atoms with Crippen molar-refractivity contribution < 1.29 is 18.7 Å². The zero-order valence-electron chi connectivity index (χ0n) is 14.4. The van der Waals surface area contributed by atoms with Gasteiger partial charge in [-0.15, -0.1) is 0 Å². The SMILES string of the molecule is COc1cc(Cl)cc2cc(C(=O)N3CCNC[C@@H]3C(=O)NC3CC3)oc12. The monoisotopic (exact) mass is 377 g/mol. The van der Waals surface area contributed by atoms with Crippen molar-refractivity contribution in [3.8, 4) is 5.75 Å². The fourth-order valence-corrected chi connectivity index (χ4v) is 3.41. The van der Waals surface area contributed by atoms with Crippen LogP contribution in [0.4, 0.5) is 0 Å². The van der Waals surface area contributed by atoms with Crippen LogP contribution in [0.5, 0.6) is 5.75 Å². The first-order valence-corrected chi connectivity index (χ1v) is 9.04. The third-order valence-electron chi connectivity index (χ3n) is 4.71. The molecule has 26 heavy (non-hydrogen) atoms. The number of methoxy groups -OCH3 is 1. The number of furan rings is 1. The van der Waals surface area contributed by atoms with Gasteiger partial charge in [-0.2, -0.15) is 0 Å². The van der Waals surface area contributed by atoms with Crippen LogP contribution < -0.4 is 15.4 Å². The summed E-state index contributed by atoms with van der Waals surface area (Å²) in [6.07, 6.45) is 2.01. The molecule has 2 amide bonds. The minimum Gasteiger partial charge on any atom is -0.493 e. The first kappa shape index (κ1) is 17.2. The normalized spacial score (nSPS) is 20.2. The average Bonchev–Trinajstić information content (AvgIpc) is 3.35. The van der Waals surface area contributed by atoms with Crippen LogP contribution in [0, 0.1) is 0 Å². The van der Waals surface area contributed by atoms with Crippen LogP contribution in [-0.4, -0.2) is 55.5 Å². The maximum Gasteiger partial charge on any atom is 0.290 e. The summed E-state index contributed by atoms with van der Waals surface area (Å²) in [5, 5.41) is 7.33. The van der Waals surface area contributed by atoms with E-state index in [1.165, 1.54) is 7.11 Å². The molecule has 1 aromatic heterocycles. The minimum absolute atomic E-state index is 0.121. The molecule has 1 aliphatic carbocycles. The summed E-state index contributed by atoms with van der Waals surface area (Å²) in [6, 6.07) is 4.70. The summed E-state index contributed by atoms with van der Waals surface area (Å²) in [7, 11) is 1.52. The molecule has 0 unspecified atom stereocenters. The quantitative estimate of drug-likeness (QED) is 0.848. The number of hydrogen-bond acceptors (Lipinski definition) is 5. The lowest BCUT2D eigenvalue weighted by atomic mass is 10.1. The van der Waals surface area contributed by atoms with Crippen molar-refractivity contribution >= 4 is 34.4 Å². The molecular weight excluding hydrogens is 358 g/mol. The Morgan fingerprint density at radius 2 is 2.15 bits per heavy atom. The first-order chi connectivity index (χ1) is 12.6. The van der Waals surface area contributed by atoms with Crippen molar-refractivity contribution in [3.63, 3.8) is 0 Å². The van der Waals surface area contributed by atoms with E-state index >= 15 is 0 Å². The number of nitrogens with zero attached hydrogens (tertiary/aromatic N) is 1. The lowest BCUT2D eigenvalue weighted by Gasteiger charge is -2.34. The Hall–Kier alpha value is -2.25. The van der Waals surface area contributed by atoms with Crippen LogP contribution in [-0.2, 0) is 4.79 Å². The third kappa shape index (κ3) is 3.24. The average molecular weight is 378 g/mol. The molecule has 1 atom stereocenters. The number of halogens is 1. The van der Waals surface area contributed by atoms with Gasteiger partial charge < -0.3 is 24.7 Å². The second-order valence-corrected chi connectivity index (χ2v) is 7.07. The predicted octanol–water partition coefficient (Wildman–Crippen LogP) is 1.79. The number of hydrogen-bond donors (Lipinski definition) is 2. The van der Waals surface area contributed by atoms with Gasteiger partial charge in [-0.05, 0) is 25.0 Å². The largest absolute Gasteiger partial charge is 0.493 e. The number of fused-ring (bicyclic) bond motifs is 1. The van der Waals surface area contributed by atoms with E-state index in [2.05, 4.69) is 10.6 Å². The number of ether oxygens (including phenoxy) is 1. The van der Waals surface area contributed by atoms with Crippen LogP contribution in [0.3, 0.4) is 0 Å². The fraction of sp³-hybridized carbons (Fsp3) is 0.444. The van der Waals surface area contributed by atoms with Gasteiger partial charge in [-0.3, -0.25) is 9.59 Å². The fourth-order valence-electron chi connectivity index (χ4n) is 3.19. The Labute approximate surface area is 155 Å². The molecule has 2 N–H and O–H groups in total. The van der Waals surface area contributed by atoms with E-state index in [0.717, 1.165) is 12.8 Å². The van der Waals surface area contributed by atoms with E-state index in [-0.39, 0.29) is 23.6 Å². The van der Waals surface area contributed by atoms with E-state index in [9.17, 15) is 9.59 Å². The molecule has 2 heterocycles. The van der Waals surface area contributed by atoms with Crippen LogP contribution in [0.1, 0.15) is 23.4 Å². The van der Waals surface area contributed by atoms with E-state index in [1.807, 2.05) is 0 Å². The van der Waals surface area contributed by atoms with Crippen LogP contribution >= 0.6 is 11.6 Å². The Morgan fingerprint density at radius 3 is 2.88 bits per heavy atom. The minimum atomic E-state index is -0.546. The predicted molar refractivity (Wildman–Crippen MR) is 96.6 cm³/mol. The Bertz CT molecular complexity index is 861. The second kappa shape index (κ2) is 6.81. The molecular formula is C18H20ClN3O4. The molecule has 0 bridgehead atoms. The number of carbonyl (C=O) groups is 2. The second-order valence-electron chi connectivity index (χ2n) is 6.64. The Kier molecular flexibility index (Phi) is 4.50. The zero-order chi connectivity index (χ0) is 18.3. The van der Waals surface area contributed by atoms with Crippen LogP contribution in [0.2, 0.25) is 5.02 Å². The van der Waals surface area contributed by atoms with Crippen molar-refractivity contribution in [2.45, 2.75) is 24.9 Å². The molecule has 0 radical (unpaired) electrons. The topological polar surface area (TPSA) is 83.8 Å². The molecule has 1 saturated heterocycles. The van der Waals surface area contributed by atoms with E-state index < -0.39 is 6.04 Å². The summed E-state index contributed by atoms with van der Waals surface area (Å²) in [6.45, 7) is 1.50. The number of amides is 2. The summed E-state index contributed by atoms with van der Waals surface area (Å²) in [5.41, 5.74) is 0.467. The smallest absolute Gasteiger partial charge is 0.290 e. The highest BCUT2D eigenvalue weighted by molar-refractivity contribution is 6.31. The lowest BCUT2D eigenvalue weighted by molar-refractivity contribution is -0.126. The van der Waals surface area contributed by atoms with E-state index in [1.54, 1.807) is 23.1 Å². The first-order valence-electron chi connectivity index (χ1n) is 8.66. The lowest BCUT2D eigenvalue weighted by Crippen LogP contribution is -2.59. The molecule has 1 saturated carbocycles. The third-order valence-corrected chi connectivity index (χ3v) is 4.93. The maximum atomic E-state index is 13.0. The Balaban J connectivity index is 1.62. The van der Waals surface area contributed by atoms with Crippen LogP contribution in [0.25, 0.3) is 11.0 Å². The summed E-state index contributed by atoms with van der Waals surface area (Å²) >= 11 is 6.08. The van der Waals surface area contributed by atoms with Gasteiger partial charge in [0.05, 0.1) is 7.11 Å². The number of benzene rings is 1. The molecule has 2 fully saturated rings.